The number of nitrogens with two attached hydrogens (primary N) is 1. The molecule has 1 aliphatic rings. The second kappa shape index (κ2) is 4.08. The lowest BCUT2D eigenvalue weighted by atomic mass is 9.94. The van der Waals surface area contributed by atoms with Crippen LogP contribution in [0.1, 0.15) is 33.1 Å². The topological polar surface area (TPSA) is 38.0 Å². The molecule has 1 saturated carbocycles. The summed E-state index contributed by atoms with van der Waals surface area (Å²) >= 11 is 4.83. The van der Waals surface area contributed by atoms with E-state index in [2.05, 4.69) is 19.2 Å². The molecule has 12 heavy (non-hydrogen) atoms. The van der Waals surface area contributed by atoms with Gasteiger partial charge in [-0.2, -0.15) is 0 Å². The molecule has 3 unspecified atom stereocenters. The summed E-state index contributed by atoms with van der Waals surface area (Å²) in [7, 11) is 0. The monoisotopic (exact) mass is 186 g/mol. The molecule has 1 aliphatic carbocycles. The SMILES string of the molecule is CCC1CCC(NC(N)=S)C1C. The van der Waals surface area contributed by atoms with Crippen molar-refractivity contribution in [3.8, 4) is 0 Å². The van der Waals surface area contributed by atoms with E-state index >= 15 is 0 Å². The zero-order chi connectivity index (χ0) is 9.14. The van der Waals surface area contributed by atoms with E-state index in [0.717, 1.165) is 11.8 Å². The molecule has 0 spiro atoms. The van der Waals surface area contributed by atoms with E-state index in [1.165, 1.54) is 19.3 Å². The Morgan fingerprint density at radius 1 is 1.58 bits per heavy atom. The fourth-order valence-electron chi connectivity index (χ4n) is 2.21. The summed E-state index contributed by atoms with van der Waals surface area (Å²) in [5, 5.41) is 3.61. The Bertz CT molecular complexity index is 170. The second-order valence-corrected chi connectivity index (χ2v) is 4.16. The van der Waals surface area contributed by atoms with Crippen molar-refractivity contribution >= 4 is 17.3 Å². The van der Waals surface area contributed by atoms with Crippen LogP contribution < -0.4 is 11.1 Å². The molecule has 0 aromatic carbocycles. The standard InChI is InChI=1S/C9H18N2S/c1-3-7-4-5-8(6(7)2)11-9(10)12/h6-8H,3-5H2,1-2H3,(H3,10,11,12). The van der Waals surface area contributed by atoms with Crippen LogP contribution in [0.5, 0.6) is 0 Å². The molecular weight excluding hydrogens is 168 g/mol. The van der Waals surface area contributed by atoms with Gasteiger partial charge in [-0.25, -0.2) is 0 Å². The summed E-state index contributed by atoms with van der Waals surface area (Å²) in [5.41, 5.74) is 5.44. The molecule has 0 aliphatic heterocycles. The van der Waals surface area contributed by atoms with E-state index in [9.17, 15) is 0 Å². The molecule has 1 fully saturated rings. The molecule has 0 aromatic rings. The van der Waals surface area contributed by atoms with Crippen molar-refractivity contribution in [3.05, 3.63) is 0 Å². The van der Waals surface area contributed by atoms with E-state index < -0.39 is 0 Å². The van der Waals surface area contributed by atoms with Gasteiger partial charge in [-0.3, -0.25) is 0 Å². The van der Waals surface area contributed by atoms with Gasteiger partial charge in [-0.05, 0) is 36.9 Å². The van der Waals surface area contributed by atoms with Crippen LogP contribution in [0.15, 0.2) is 0 Å². The maximum absolute atomic E-state index is 5.44. The Kier molecular flexibility index (Phi) is 3.32. The Morgan fingerprint density at radius 2 is 2.25 bits per heavy atom. The van der Waals surface area contributed by atoms with E-state index in [1.807, 2.05) is 0 Å². The molecule has 0 bridgehead atoms. The van der Waals surface area contributed by atoms with Crippen molar-refractivity contribution in [3.63, 3.8) is 0 Å². The zero-order valence-electron chi connectivity index (χ0n) is 7.84. The van der Waals surface area contributed by atoms with Gasteiger partial charge in [-0.1, -0.05) is 20.3 Å². The summed E-state index contributed by atoms with van der Waals surface area (Å²) in [6, 6.07) is 0.521. The minimum absolute atomic E-state index is 0.448. The molecule has 70 valence electrons. The number of hydrogen-bond donors (Lipinski definition) is 2. The molecule has 0 saturated heterocycles. The van der Waals surface area contributed by atoms with Crippen LogP contribution >= 0.6 is 12.2 Å². The molecular formula is C9H18N2S. The highest BCUT2D eigenvalue weighted by molar-refractivity contribution is 7.80. The van der Waals surface area contributed by atoms with Crippen molar-refractivity contribution in [2.75, 3.05) is 0 Å². The number of rotatable bonds is 2. The first-order valence-corrected chi connectivity index (χ1v) is 5.12. The van der Waals surface area contributed by atoms with Gasteiger partial charge in [0.1, 0.15) is 0 Å². The molecule has 0 heterocycles. The van der Waals surface area contributed by atoms with E-state index in [-0.39, 0.29) is 0 Å². The van der Waals surface area contributed by atoms with Gasteiger partial charge in [0.25, 0.3) is 0 Å². The maximum atomic E-state index is 5.44. The van der Waals surface area contributed by atoms with Crippen LogP contribution in [0.25, 0.3) is 0 Å². The van der Waals surface area contributed by atoms with Crippen molar-refractivity contribution in [1.29, 1.82) is 0 Å². The van der Waals surface area contributed by atoms with Gasteiger partial charge in [-0.15, -0.1) is 0 Å². The summed E-state index contributed by atoms with van der Waals surface area (Å²) in [4.78, 5) is 0. The first kappa shape index (κ1) is 9.78. The lowest BCUT2D eigenvalue weighted by Crippen LogP contribution is -2.40. The molecule has 0 radical (unpaired) electrons. The molecule has 3 atom stereocenters. The zero-order valence-corrected chi connectivity index (χ0v) is 8.66. The minimum Gasteiger partial charge on any atom is -0.376 e. The third-order valence-electron chi connectivity index (χ3n) is 3.08. The summed E-state index contributed by atoms with van der Waals surface area (Å²) in [6.45, 7) is 4.54. The Morgan fingerprint density at radius 3 is 2.67 bits per heavy atom. The third kappa shape index (κ3) is 2.09. The number of thiocarbonyl (C=S) groups is 1. The average molecular weight is 186 g/mol. The van der Waals surface area contributed by atoms with Gasteiger partial charge >= 0.3 is 0 Å². The van der Waals surface area contributed by atoms with Gasteiger partial charge in [0.05, 0.1) is 0 Å². The normalized spacial score (nSPS) is 35.0. The Hall–Kier alpha value is -0.310. The lowest BCUT2D eigenvalue weighted by molar-refractivity contribution is 0.368. The van der Waals surface area contributed by atoms with Gasteiger partial charge in [0, 0.05) is 6.04 Å². The van der Waals surface area contributed by atoms with Crippen LogP contribution in [-0.4, -0.2) is 11.2 Å². The molecule has 3 N–H and O–H groups in total. The van der Waals surface area contributed by atoms with E-state index in [1.54, 1.807) is 0 Å². The van der Waals surface area contributed by atoms with Crippen LogP contribution in [0.3, 0.4) is 0 Å². The summed E-state index contributed by atoms with van der Waals surface area (Å²) < 4.78 is 0. The highest BCUT2D eigenvalue weighted by Gasteiger charge is 2.31. The number of nitrogens with one attached hydrogen (secondary N) is 1. The van der Waals surface area contributed by atoms with Gasteiger partial charge < -0.3 is 11.1 Å². The number of hydrogen-bond acceptors (Lipinski definition) is 1. The molecule has 0 amide bonds. The minimum atomic E-state index is 0.448. The highest BCUT2D eigenvalue weighted by Crippen LogP contribution is 2.33. The highest BCUT2D eigenvalue weighted by atomic mass is 32.1. The fourth-order valence-corrected chi connectivity index (χ4v) is 2.36. The maximum Gasteiger partial charge on any atom is 0.163 e. The first-order valence-electron chi connectivity index (χ1n) is 4.71. The average Bonchev–Trinajstić information content (AvgIpc) is 2.32. The quantitative estimate of drug-likeness (QED) is 0.644. The summed E-state index contributed by atoms with van der Waals surface area (Å²) in [5.74, 6) is 1.58. The van der Waals surface area contributed by atoms with Crippen molar-refractivity contribution in [1.82, 2.24) is 5.32 Å². The lowest BCUT2D eigenvalue weighted by Gasteiger charge is -2.20. The molecule has 1 rings (SSSR count). The largest absolute Gasteiger partial charge is 0.376 e. The predicted molar refractivity (Wildman–Crippen MR) is 55.9 cm³/mol. The van der Waals surface area contributed by atoms with Crippen molar-refractivity contribution in [2.24, 2.45) is 17.6 Å². The van der Waals surface area contributed by atoms with Crippen molar-refractivity contribution < 1.29 is 0 Å². The van der Waals surface area contributed by atoms with E-state index in [0.29, 0.717) is 11.2 Å². The molecule has 3 heteroatoms. The first-order chi connectivity index (χ1) is 5.65. The smallest absolute Gasteiger partial charge is 0.163 e. The predicted octanol–water partition coefficient (Wildman–Crippen LogP) is 1.64. The van der Waals surface area contributed by atoms with Crippen LogP contribution in [0.2, 0.25) is 0 Å². The Labute approximate surface area is 79.9 Å². The third-order valence-corrected chi connectivity index (χ3v) is 3.20. The fraction of sp³-hybridized carbons (Fsp3) is 0.889. The Balaban J connectivity index is 2.43. The summed E-state index contributed by atoms with van der Waals surface area (Å²) in [6.07, 6.45) is 3.81. The molecule has 0 aromatic heterocycles. The van der Waals surface area contributed by atoms with Gasteiger partial charge in [0.2, 0.25) is 0 Å². The second-order valence-electron chi connectivity index (χ2n) is 3.72. The van der Waals surface area contributed by atoms with Crippen LogP contribution in [-0.2, 0) is 0 Å². The van der Waals surface area contributed by atoms with Crippen LogP contribution in [0.4, 0.5) is 0 Å². The molecule has 2 nitrogen and oxygen atoms in total. The van der Waals surface area contributed by atoms with Crippen LogP contribution in [0, 0.1) is 11.8 Å². The van der Waals surface area contributed by atoms with E-state index in [4.69, 9.17) is 18.0 Å². The van der Waals surface area contributed by atoms with Crippen molar-refractivity contribution in [2.45, 2.75) is 39.2 Å². The van der Waals surface area contributed by atoms with Gasteiger partial charge in [0.15, 0.2) is 5.11 Å².